The molecule has 1 fully saturated rings. The highest BCUT2D eigenvalue weighted by Crippen LogP contribution is 2.43. The fraction of sp³-hybridized carbons (Fsp3) is 0.714. The number of rotatable bonds is 8. The Morgan fingerprint density at radius 3 is 2.68 bits per heavy atom. The van der Waals surface area contributed by atoms with Gasteiger partial charge in [0.05, 0.1) is 12.3 Å². The second kappa shape index (κ2) is 6.75. The zero-order valence-electron chi connectivity index (χ0n) is 11.3. The normalized spacial score (nSPS) is 17.7. The van der Waals surface area contributed by atoms with Crippen LogP contribution in [0.1, 0.15) is 44.1 Å². The molecule has 0 bridgehead atoms. The lowest BCUT2D eigenvalue weighted by molar-refractivity contribution is 0.123. The van der Waals surface area contributed by atoms with Crippen molar-refractivity contribution in [2.75, 3.05) is 6.54 Å². The van der Waals surface area contributed by atoms with Gasteiger partial charge in [0.2, 0.25) is 0 Å². The van der Waals surface area contributed by atoms with Crippen LogP contribution in [0, 0.1) is 5.41 Å². The van der Waals surface area contributed by atoms with Gasteiger partial charge in [-0.05, 0) is 36.8 Å². The summed E-state index contributed by atoms with van der Waals surface area (Å²) in [6.45, 7) is 3.94. The zero-order valence-corrected chi connectivity index (χ0v) is 12.1. The molecule has 1 aliphatic rings. The van der Waals surface area contributed by atoms with Crippen molar-refractivity contribution in [1.82, 2.24) is 5.32 Å². The molecule has 2 rings (SSSR count). The number of alkyl halides is 2. The molecular formula is C14H21F2NOS. The Morgan fingerprint density at radius 2 is 2.11 bits per heavy atom. The van der Waals surface area contributed by atoms with Gasteiger partial charge in [-0.25, -0.2) is 0 Å². The molecule has 1 saturated carbocycles. The molecule has 0 saturated heterocycles. The lowest BCUT2D eigenvalue weighted by atomic mass is 9.67. The molecule has 1 aromatic rings. The van der Waals surface area contributed by atoms with Crippen LogP contribution >= 0.6 is 11.8 Å². The second-order valence-corrected chi connectivity index (χ2v) is 6.23. The monoisotopic (exact) mass is 289 g/mol. The Balaban J connectivity index is 1.71. The van der Waals surface area contributed by atoms with E-state index in [1.807, 2.05) is 6.07 Å². The van der Waals surface area contributed by atoms with Gasteiger partial charge in [-0.15, -0.1) is 0 Å². The number of hydrogen-bond donors (Lipinski definition) is 1. The smallest absolute Gasteiger partial charge is 0.284 e. The van der Waals surface area contributed by atoms with Gasteiger partial charge in [-0.3, -0.25) is 0 Å². The van der Waals surface area contributed by atoms with Gasteiger partial charge < -0.3 is 9.73 Å². The summed E-state index contributed by atoms with van der Waals surface area (Å²) in [7, 11) is 0. The predicted octanol–water partition coefficient (Wildman–Crippen LogP) is 4.41. The number of furan rings is 1. The van der Waals surface area contributed by atoms with E-state index >= 15 is 0 Å². The summed E-state index contributed by atoms with van der Waals surface area (Å²) in [5.41, 5.74) is 0.487. The third-order valence-electron chi connectivity index (χ3n) is 4.03. The lowest BCUT2D eigenvalue weighted by Crippen LogP contribution is -2.39. The van der Waals surface area contributed by atoms with Crippen molar-refractivity contribution in [1.29, 1.82) is 0 Å². The van der Waals surface area contributed by atoms with Gasteiger partial charge in [0.15, 0.2) is 0 Å². The number of nitrogens with one attached hydrogen (secondary N) is 1. The molecule has 1 N–H and O–H groups in total. The predicted molar refractivity (Wildman–Crippen MR) is 74.3 cm³/mol. The summed E-state index contributed by atoms with van der Waals surface area (Å²) < 4.78 is 29.6. The van der Waals surface area contributed by atoms with Gasteiger partial charge in [-0.1, -0.05) is 25.1 Å². The Bertz CT molecular complexity index is 385. The first-order valence-corrected chi connectivity index (χ1v) is 7.86. The van der Waals surface area contributed by atoms with Crippen LogP contribution in [0.2, 0.25) is 0 Å². The molecule has 0 radical (unpaired) electrons. The van der Waals surface area contributed by atoms with E-state index in [2.05, 4.69) is 12.2 Å². The van der Waals surface area contributed by atoms with Crippen molar-refractivity contribution >= 4 is 11.8 Å². The quantitative estimate of drug-likeness (QED) is 0.767. The second-order valence-electron chi connectivity index (χ2n) is 5.25. The molecule has 19 heavy (non-hydrogen) atoms. The summed E-state index contributed by atoms with van der Waals surface area (Å²) in [6, 6.07) is 3.65. The highest BCUT2D eigenvalue weighted by atomic mass is 32.2. The zero-order chi connectivity index (χ0) is 13.7. The molecule has 2 nitrogen and oxygen atoms in total. The van der Waals surface area contributed by atoms with E-state index in [1.54, 1.807) is 6.07 Å². The maximum Gasteiger partial charge on any atom is 0.284 e. The molecule has 1 aliphatic carbocycles. The fourth-order valence-electron chi connectivity index (χ4n) is 2.52. The fourth-order valence-corrected chi connectivity index (χ4v) is 2.97. The molecule has 5 heteroatoms. The van der Waals surface area contributed by atoms with Crippen LogP contribution < -0.4 is 5.32 Å². The van der Waals surface area contributed by atoms with E-state index < -0.39 is 5.76 Å². The number of thioether (sulfide) groups is 1. The van der Waals surface area contributed by atoms with E-state index in [4.69, 9.17) is 4.42 Å². The largest absolute Gasteiger partial charge is 0.464 e. The molecule has 0 amide bonds. The van der Waals surface area contributed by atoms with E-state index in [-0.39, 0.29) is 5.75 Å². The number of hydrogen-bond acceptors (Lipinski definition) is 3. The molecule has 1 aromatic heterocycles. The van der Waals surface area contributed by atoms with Crippen LogP contribution in [-0.2, 0) is 12.3 Å². The van der Waals surface area contributed by atoms with E-state index in [0.717, 1.165) is 12.3 Å². The van der Waals surface area contributed by atoms with Crippen LogP contribution in [-0.4, -0.2) is 12.3 Å². The van der Waals surface area contributed by atoms with Crippen LogP contribution in [0.15, 0.2) is 16.5 Å². The van der Waals surface area contributed by atoms with Gasteiger partial charge >= 0.3 is 0 Å². The number of halogens is 2. The first-order valence-electron chi connectivity index (χ1n) is 6.82. The van der Waals surface area contributed by atoms with Crippen molar-refractivity contribution in [3.8, 4) is 0 Å². The van der Waals surface area contributed by atoms with Crippen LogP contribution in [0.4, 0.5) is 8.78 Å². The minimum atomic E-state index is -2.34. The minimum absolute atomic E-state index is 0.233. The van der Waals surface area contributed by atoms with Crippen molar-refractivity contribution in [3.63, 3.8) is 0 Å². The van der Waals surface area contributed by atoms with Crippen LogP contribution in [0.25, 0.3) is 0 Å². The lowest BCUT2D eigenvalue weighted by Gasteiger charge is -2.41. The maximum atomic E-state index is 12.1. The molecule has 0 unspecified atom stereocenters. The first-order chi connectivity index (χ1) is 9.13. The summed E-state index contributed by atoms with van der Waals surface area (Å²) in [4.78, 5) is 0. The van der Waals surface area contributed by atoms with Crippen molar-refractivity contribution in [2.24, 2.45) is 5.41 Å². The molecule has 0 spiro atoms. The molecule has 1 heterocycles. The summed E-state index contributed by atoms with van der Waals surface area (Å²) in [5.74, 6) is -0.655. The highest BCUT2D eigenvalue weighted by Gasteiger charge is 2.34. The molecule has 0 atom stereocenters. The third-order valence-corrected chi connectivity index (χ3v) is 4.74. The molecule has 0 aliphatic heterocycles. The maximum absolute atomic E-state index is 12.1. The van der Waals surface area contributed by atoms with E-state index in [9.17, 15) is 8.78 Å². The third kappa shape index (κ3) is 4.21. The van der Waals surface area contributed by atoms with Crippen LogP contribution in [0.3, 0.4) is 0 Å². The van der Waals surface area contributed by atoms with Gasteiger partial charge in [0, 0.05) is 6.54 Å². The van der Waals surface area contributed by atoms with Gasteiger partial charge in [0.1, 0.15) is 11.5 Å². The average Bonchev–Trinajstić information content (AvgIpc) is 2.78. The molecule has 0 aromatic carbocycles. The summed E-state index contributed by atoms with van der Waals surface area (Å²) in [6.07, 6.45) is 5.18. The molecular weight excluding hydrogens is 268 g/mol. The Morgan fingerprint density at radius 1 is 1.37 bits per heavy atom. The Hall–Kier alpha value is -0.550. The van der Waals surface area contributed by atoms with E-state index in [0.29, 0.717) is 29.5 Å². The Kier molecular flexibility index (Phi) is 5.28. The standard InChI is InChI=1S/C14H21F2NOS/c1-2-14(6-3-7-14)10-17-8-11-4-5-12(18-11)9-19-13(15)16/h4-5,13,17H,2-3,6-10H2,1H3. The van der Waals surface area contributed by atoms with Gasteiger partial charge in [0.25, 0.3) is 5.76 Å². The van der Waals surface area contributed by atoms with Crippen molar-refractivity contribution in [3.05, 3.63) is 23.7 Å². The SMILES string of the molecule is CCC1(CNCc2ccc(CSC(F)F)o2)CCC1. The average molecular weight is 289 g/mol. The Labute approximate surface area is 117 Å². The summed E-state index contributed by atoms with van der Waals surface area (Å²) in [5, 5.41) is 3.42. The van der Waals surface area contributed by atoms with Crippen molar-refractivity contribution < 1.29 is 13.2 Å². The van der Waals surface area contributed by atoms with Crippen molar-refractivity contribution in [2.45, 2.75) is 50.7 Å². The first kappa shape index (κ1) is 14.9. The van der Waals surface area contributed by atoms with E-state index in [1.165, 1.54) is 25.7 Å². The van der Waals surface area contributed by atoms with Crippen LogP contribution in [0.5, 0.6) is 0 Å². The molecule has 108 valence electrons. The minimum Gasteiger partial charge on any atom is -0.464 e. The van der Waals surface area contributed by atoms with Gasteiger partial charge in [-0.2, -0.15) is 8.78 Å². The summed E-state index contributed by atoms with van der Waals surface area (Å²) >= 11 is 0.595. The topological polar surface area (TPSA) is 25.2 Å². The highest BCUT2D eigenvalue weighted by molar-refractivity contribution is 7.98.